The Morgan fingerprint density at radius 3 is 2.76 bits per heavy atom. The van der Waals surface area contributed by atoms with Crippen LogP contribution in [-0.4, -0.2) is 9.38 Å². The lowest BCUT2D eigenvalue weighted by Gasteiger charge is -1.91. The highest BCUT2D eigenvalue weighted by Crippen LogP contribution is 2.26. The van der Waals surface area contributed by atoms with Crippen LogP contribution in [0.25, 0.3) is 16.9 Å². The molecule has 3 rings (SSSR count). The molecular formula is C13H11ClN2O. The van der Waals surface area contributed by atoms with E-state index in [1.807, 2.05) is 48.8 Å². The lowest BCUT2D eigenvalue weighted by Crippen LogP contribution is -1.79. The first-order chi connectivity index (χ1) is 8.13. The van der Waals surface area contributed by atoms with Gasteiger partial charge in [-0.3, -0.25) is 0 Å². The van der Waals surface area contributed by atoms with Crippen molar-refractivity contribution in [2.45, 2.75) is 13.8 Å². The van der Waals surface area contributed by atoms with E-state index < -0.39 is 0 Å². The van der Waals surface area contributed by atoms with Gasteiger partial charge in [-0.2, -0.15) is 0 Å². The minimum atomic E-state index is 0.696. The molecule has 0 aromatic carbocycles. The number of pyridine rings is 1. The van der Waals surface area contributed by atoms with Crippen molar-refractivity contribution in [2.24, 2.45) is 0 Å². The molecule has 0 aliphatic carbocycles. The third-order valence-corrected chi connectivity index (χ3v) is 2.96. The SMILES string of the molecule is Cc1cc(-c2cn3cc(Cl)ccc3n2)c(C)o1. The second-order valence-corrected chi connectivity index (χ2v) is 4.50. The Balaban J connectivity index is 2.21. The Morgan fingerprint density at radius 2 is 2.06 bits per heavy atom. The second kappa shape index (κ2) is 3.64. The molecule has 0 aliphatic heterocycles. The lowest BCUT2D eigenvalue weighted by atomic mass is 10.2. The van der Waals surface area contributed by atoms with E-state index in [4.69, 9.17) is 16.0 Å². The van der Waals surface area contributed by atoms with Crippen LogP contribution in [0.3, 0.4) is 0 Å². The molecule has 0 atom stereocenters. The molecule has 0 bridgehead atoms. The van der Waals surface area contributed by atoms with Crippen molar-refractivity contribution in [3.05, 3.63) is 47.1 Å². The molecule has 0 amide bonds. The van der Waals surface area contributed by atoms with Gasteiger partial charge in [0.15, 0.2) is 0 Å². The van der Waals surface area contributed by atoms with Gasteiger partial charge in [0.25, 0.3) is 0 Å². The zero-order chi connectivity index (χ0) is 12.0. The summed E-state index contributed by atoms with van der Waals surface area (Å²) in [5.74, 6) is 1.78. The molecule has 3 aromatic heterocycles. The summed E-state index contributed by atoms with van der Waals surface area (Å²) in [4.78, 5) is 4.54. The van der Waals surface area contributed by atoms with Crippen LogP contribution in [-0.2, 0) is 0 Å². The fourth-order valence-corrected chi connectivity index (χ4v) is 2.15. The number of imidazole rings is 1. The number of halogens is 1. The fourth-order valence-electron chi connectivity index (χ4n) is 1.98. The van der Waals surface area contributed by atoms with Crippen molar-refractivity contribution >= 4 is 17.2 Å². The first kappa shape index (κ1) is 10.4. The number of fused-ring (bicyclic) bond motifs is 1. The van der Waals surface area contributed by atoms with Gasteiger partial charge in [0, 0.05) is 18.0 Å². The summed E-state index contributed by atoms with van der Waals surface area (Å²) < 4.78 is 7.43. The summed E-state index contributed by atoms with van der Waals surface area (Å²) >= 11 is 5.94. The molecule has 0 fully saturated rings. The minimum Gasteiger partial charge on any atom is -0.466 e. The predicted octanol–water partition coefficient (Wildman–Crippen LogP) is 3.86. The Hall–Kier alpha value is -1.74. The maximum absolute atomic E-state index is 5.94. The number of furan rings is 1. The molecule has 4 heteroatoms. The van der Waals surface area contributed by atoms with E-state index in [9.17, 15) is 0 Å². The van der Waals surface area contributed by atoms with E-state index >= 15 is 0 Å². The summed E-state index contributed by atoms with van der Waals surface area (Å²) in [6.45, 7) is 3.88. The summed E-state index contributed by atoms with van der Waals surface area (Å²) in [6.07, 6.45) is 3.80. The second-order valence-electron chi connectivity index (χ2n) is 4.07. The quantitative estimate of drug-likeness (QED) is 0.653. The van der Waals surface area contributed by atoms with E-state index in [0.717, 1.165) is 28.4 Å². The third kappa shape index (κ3) is 1.72. The molecule has 0 spiro atoms. The standard InChI is InChI=1S/C13H11ClN2O/c1-8-5-11(9(2)17-8)12-7-16-6-10(14)3-4-13(16)15-12/h3-7H,1-2H3. The molecule has 3 nitrogen and oxygen atoms in total. The van der Waals surface area contributed by atoms with E-state index in [0.29, 0.717) is 5.02 Å². The molecule has 3 aromatic rings. The average molecular weight is 247 g/mol. The number of aromatic nitrogens is 2. The molecule has 0 aliphatic rings. The van der Waals surface area contributed by atoms with Crippen LogP contribution in [0.15, 0.2) is 35.0 Å². The van der Waals surface area contributed by atoms with E-state index in [1.54, 1.807) is 0 Å². The van der Waals surface area contributed by atoms with Gasteiger partial charge < -0.3 is 8.82 Å². The van der Waals surface area contributed by atoms with Gasteiger partial charge in [-0.1, -0.05) is 11.6 Å². The molecule has 0 N–H and O–H groups in total. The Labute approximate surface area is 104 Å². The normalized spacial score (nSPS) is 11.2. The van der Waals surface area contributed by atoms with Crippen LogP contribution >= 0.6 is 11.6 Å². The topological polar surface area (TPSA) is 30.4 Å². The van der Waals surface area contributed by atoms with Crippen molar-refractivity contribution in [3.63, 3.8) is 0 Å². The van der Waals surface area contributed by atoms with Crippen LogP contribution in [0.2, 0.25) is 5.02 Å². The maximum Gasteiger partial charge on any atom is 0.137 e. The molecule has 0 saturated heterocycles. The van der Waals surface area contributed by atoms with Crippen molar-refractivity contribution in [1.82, 2.24) is 9.38 Å². The average Bonchev–Trinajstić information content (AvgIpc) is 2.80. The molecule has 0 saturated carbocycles. The maximum atomic E-state index is 5.94. The monoisotopic (exact) mass is 246 g/mol. The molecule has 0 unspecified atom stereocenters. The lowest BCUT2D eigenvalue weighted by molar-refractivity contribution is 0.505. The van der Waals surface area contributed by atoms with Gasteiger partial charge in [0.05, 0.1) is 10.7 Å². The first-order valence-corrected chi connectivity index (χ1v) is 5.73. The summed E-state index contributed by atoms with van der Waals surface area (Å²) in [5, 5.41) is 0.696. The van der Waals surface area contributed by atoms with Crippen molar-refractivity contribution in [3.8, 4) is 11.3 Å². The van der Waals surface area contributed by atoms with Crippen molar-refractivity contribution in [2.75, 3.05) is 0 Å². The number of aryl methyl sites for hydroxylation is 2. The van der Waals surface area contributed by atoms with Crippen LogP contribution < -0.4 is 0 Å². The first-order valence-electron chi connectivity index (χ1n) is 5.35. The molecule has 86 valence electrons. The highest BCUT2D eigenvalue weighted by atomic mass is 35.5. The zero-order valence-corrected chi connectivity index (χ0v) is 10.3. The number of nitrogens with zero attached hydrogens (tertiary/aromatic N) is 2. The van der Waals surface area contributed by atoms with Crippen molar-refractivity contribution < 1.29 is 4.42 Å². The fraction of sp³-hybridized carbons (Fsp3) is 0.154. The molecule has 0 radical (unpaired) electrons. The van der Waals surface area contributed by atoms with Crippen LogP contribution in [0.1, 0.15) is 11.5 Å². The number of rotatable bonds is 1. The van der Waals surface area contributed by atoms with Gasteiger partial charge in [-0.05, 0) is 32.0 Å². The zero-order valence-electron chi connectivity index (χ0n) is 9.57. The van der Waals surface area contributed by atoms with Gasteiger partial charge >= 0.3 is 0 Å². The van der Waals surface area contributed by atoms with Gasteiger partial charge in [-0.25, -0.2) is 4.98 Å². The Bertz CT molecular complexity index is 697. The Kier molecular flexibility index (Phi) is 2.23. The number of hydrogen-bond donors (Lipinski definition) is 0. The predicted molar refractivity (Wildman–Crippen MR) is 67.4 cm³/mol. The minimum absolute atomic E-state index is 0.696. The highest BCUT2D eigenvalue weighted by molar-refractivity contribution is 6.30. The van der Waals surface area contributed by atoms with E-state index in [2.05, 4.69) is 4.98 Å². The Morgan fingerprint density at radius 1 is 1.24 bits per heavy atom. The summed E-state index contributed by atoms with van der Waals surface area (Å²) in [7, 11) is 0. The molecule has 17 heavy (non-hydrogen) atoms. The van der Waals surface area contributed by atoms with Crippen LogP contribution in [0.4, 0.5) is 0 Å². The van der Waals surface area contributed by atoms with E-state index in [1.165, 1.54) is 0 Å². The molecular weight excluding hydrogens is 236 g/mol. The van der Waals surface area contributed by atoms with Crippen molar-refractivity contribution in [1.29, 1.82) is 0 Å². The van der Waals surface area contributed by atoms with Crippen LogP contribution in [0.5, 0.6) is 0 Å². The summed E-state index contributed by atoms with van der Waals surface area (Å²) in [6, 6.07) is 5.73. The van der Waals surface area contributed by atoms with Crippen LogP contribution in [0, 0.1) is 13.8 Å². The number of hydrogen-bond acceptors (Lipinski definition) is 2. The van der Waals surface area contributed by atoms with Gasteiger partial charge in [0.1, 0.15) is 17.2 Å². The third-order valence-electron chi connectivity index (χ3n) is 2.73. The smallest absolute Gasteiger partial charge is 0.137 e. The van der Waals surface area contributed by atoms with Gasteiger partial charge in [-0.15, -0.1) is 0 Å². The summed E-state index contributed by atoms with van der Waals surface area (Å²) in [5.41, 5.74) is 2.81. The highest BCUT2D eigenvalue weighted by Gasteiger charge is 2.11. The van der Waals surface area contributed by atoms with E-state index in [-0.39, 0.29) is 0 Å². The molecule has 3 heterocycles. The van der Waals surface area contributed by atoms with Gasteiger partial charge in [0.2, 0.25) is 0 Å². The largest absolute Gasteiger partial charge is 0.466 e.